The van der Waals surface area contributed by atoms with Crippen LogP contribution in [0.3, 0.4) is 0 Å². The fourth-order valence-electron chi connectivity index (χ4n) is 24.9. The Morgan fingerprint density at radius 1 is 0.315 bits per heavy atom. The van der Waals surface area contributed by atoms with Crippen LogP contribution in [0.4, 0.5) is 0 Å². The fourth-order valence-corrected chi connectivity index (χ4v) is 24.9. The Morgan fingerprint density at radius 2 is 0.580 bits per heavy atom. The first-order chi connectivity index (χ1) is 68.7. The van der Waals surface area contributed by atoms with Crippen molar-refractivity contribution in [3.05, 3.63) is 301 Å². The molecule has 0 spiro atoms. The lowest BCUT2D eigenvalue weighted by Crippen LogP contribution is -2.65. The average molecular weight is 1960 g/mol. The molecule has 8 fully saturated rings. The van der Waals surface area contributed by atoms with Crippen LogP contribution in [0.2, 0.25) is 0 Å². The van der Waals surface area contributed by atoms with E-state index >= 15 is 0 Å². The molecule has 19 rings (SSSR count). The molecule has 8 aromatic heterocycles. The number of nitrogens with zero attached hydrogens (tertiary/aromatic N) is 6. The lowest BCUT2D eigenvalue weighted by atomic mass is 9.34. The number of hydrogen-bond donors (Lipinski definition) is 7. The van der Waals surface area contributed by atoms with Crippen molar-refractivity contribution in [2.45, 2.75) is 227 Å². The van der Waals surface area contributed by atoms with E-state index in [2.05, 4.69) is 41.9 Å². The van der Waals surface area contributed by atoms with Crippen molar-refractivity contribution in [1.29, 1.82) is 0 Å². The van der Waals surface area contributed by atoms with Crippen molar-refractivity contribution < 1.29 is 94.4 Å². The number of benzene rings is 3. The molecule has 8 heterocycles. The van der Waals surface area contributed by atoms with Crippen LogP contribution < -0.4 is 68.1 Å². The Labute approximate surface area is 820 Å². The summed E-state index contributed by atoms with van der Waals surface area (Å²) in [6.07, 6.45) is 23.2. The third kappa shape index (κ3) is 24.3. The van der Waals surface area contributed by atoms with Gasteiger partial charge in [0.25, 0.3) is 11.8 Å². The molecule has 143 heavy (non-hydrogen) atoms. The van der Waals surface area contributed by atoms with E-state index in [0.29, 0.717) is 129 Å². The van der Waals surface area contributed by atoms with Gasteiger partial charge in [-0.2, -0.15) is 0 Å². The number of aromatic hydroxyl groups is 3. The van der Waals surface area contributed by atoms with Crippen molar-refractivity contribution >= 4 is 46.8 Å². The monoisotopic (exact) mass is 1960 g/mol. The van der Waals surface area contributed by atoms with Gasteiger partial charge >= 0.3 is 0 Å². The molecule has 7 N–H and O–H groups in total. The van der Waals surface area contributed by atoms with Gasteiger partial charge in [-0.3, -0.25) is 76.5 Å². The van der Waals surface area contributed by atoms with Gasteiger partial charge in [0, 0.05) is 127 Å². The van der Waals surface area contributed by atoms with Crippen molar-refractivity contribution in [2.75, 3.05) is 26.2 Å². The van der Waals surface area contributed by atoms with E-state index < -0.39 is 145 Å². The minimum absolute atomic E-state index is 0.0132. The number of ketones is 4. The van der Waals surface area contributed by atoms with Crippen molar-refractivity contribution in [2.24, 2.45) is 43.3 Å². The van der Waals surface area contributed by atoms with Gasteiger partial charge in [-0.25, -0.2) is 0 Å². The van der Waals surface area contributed by atoms with Crippen LogP contribution in [-0.4, -0.2) is 118 Å². The van der Waals surface area contributed by atoms with Gasteiger partial charge in [-0.05, 0) is 202 Å². The number of hydrogen-bond acceptors (Lipinski definition) is 30. The quantitative estimate of drug-likeness (QED) is 0.0138. The Bertz CT molecular complexity index is 6340. The van der Waals surface area contributed by atoms with Gasteiger partial charge in [-0.1, -0.05) is 114 Å². The maximum Gasteiger partial charge on any atom is 0.291 e. The van der Waals surface area contributed by atoms with Crippen LogP contribution in [-0.2, 0) is 42.5 Å². The topological polar surface area (TPSA) is 516 Å². The van der Waals surface area contributed by atoms with Crippen LogP contribution in [0, 0.1) is 57.2 Å². The first-order valence-electron chi connectivity index (χ1n) is 48.5. The Balaban J connectivity index is 0.000000215. The van der Waals surface area contributed by atoms with E-state index in [1.54, 1.807) is 9.36 Å². The molecule has 0 saturated heterocycles. The highest BCUT2D eigenvalue weighted by molar-refractivity contribution is 5.98. The van der Waals surface area contributed by atoms with E-state index in [9.17, 15) is 82.4 Å². The molecule has 8 saturated carbocycles. The summed E-state index contributed by atoms with van der Waals surface area (Å²) in [4.78, 5) is 188. The zero-order chi connectivity index (χ0) is 101. The van der Waals surface area contributed by atoms with Crippen LogP contribution >= 0.6 is 0 Å². The Hall–Kier alpha value is -15.0. The molecule has 36 heteroatoms. The molecule has 0 aliphatic heterocycles. The molecule has 8 aliphatic rings. The summed E-state index contributed by atoms with van der Waals surface area (Å²) in [7, 11) is 0. The number of unbranched alkanes of at least 4 members (excludes halogenated alkanes) is 4. The SMILES string of the molecule is Cc1cn(CCCCCC(=O)NCC23CC4(CNC(=O)c5occc(=O)c5O)C[C@](CCC(=O)c5occc(=O)c5O)(C2)C[C@](CCC(=O)c2occc(=O)c2O)(C3)C4)nn1.Cc1cn(CCCCCC(=O)NCC23CC4(CNC(=O)c5occc(=O)c5OCc5ccccc5)C[C@](CCC(=O)c5occc(=O)c5OCc5ccccc5)(C2)C[C@](CCC(=O)c2occc(=O)c2OCc2ccccc2)(C3)C4)nn1. The predicted octanol–water partition coefficient (Wildman–Crippen LogP) is 14.3. The molecule has 36 nitrogen and oxygen atoms in total. The molecular weight excluding hydrogens is 1840 g/mol. The van der Waals surface area contributed by atoms with E-state index in [4.69, 9.17) is 40.7 Å². The minimum Gasteiger partial charge on any atom is -0.501 e. The number of carbonyl (C=O) groups is 8. The van der Waals surface area contributed by atoms with Crippen LogP contribution in [0.1, 0.15) is 271 Å². The smallest absolute Gasteiger partial charge is 0.291 e. The molecular formula is C107H116N10O26. The summed E-state index contributed by atoms with van der Waals surface area (Å²) < 4.78 is 54.7. The summed E-state index contributed by atoms with van der Waals surface area (Å²) >= 11 is 0. The maximum atomic E-state index is 14.6. The molecule has 750 valence electrons. The predicted molar refractivity (Wildman–Crippen MR) is 513 cm³/mol. The lowest BCUT2D eigenvalue weighted by Gasteiger charge is -2.71. The zero-order valence-corrected chi connectivity index (χ0v) is 79.8. The molecule has 4 unspecified atom stereocenters. The van der Waals surface area contributed by atoms with E-state index in [1.165, 1.54) is 30.7 Å². The number of rotatable bonds is 47. The normalized spacial score (nSPS) is 21.9. The summed E-state index contributed by atoms with van der Waals surface area (Å²) in [6.45, 7) is 5.94. The number of aromatic nitrogens is 6. The molecule has 0 radical (unpaired) electrons. The van der Waals surface area contributed by atoms with Gasteiger partial charge in [0.2, 0.25) is 137 Å². The number of aryl methyl sites for hydroxylation is 4. The lowest BCUT2D eigenvalue weighted by molar-refractivity contribution is -0.203. The largest absolute Gasteiger partial charge is 0.501 e. The summed E-state index contributed by atoms with van der Waals surface area (Å²) in [5.41, 5.74) is -4.76. The number of carbonyl (C=O) groups excluding carboxylic acids is 8. The second kappa shape index (κ2) is 43.6. The average Bonchev–Trinajstić information content (AvgIpc) is 1.68. The molecule has 11 aromatic rings. The second-order valence-corrected chi connectivity index (χ2v) is 40.6. The number of amides is 4. The van der Waals surface area contributed by atoms with Crippen LogP contribution in [0.25, 0.3) is 0 Å². The third-order valence-corrected chi connectivity index (χ3v) is 29.2. The van der Waals surface area contributed by atoms with Crippen LogP contribution in [0.5, 0.6) is 34.5 Å². The van der Waals surface area contributed by atoms with Gasteiger partial charge in [0.15, 0.2) is 0 Å². The summed E-state index contributed by atoms with van der Waals surface area (Å²) in [5, 5.41) is 59.9. The fraction of sp³-hybridized carbons (Fsp3) is 0.439. The van der Waals surface area contributed by atoms with Gasteiger partial charge < -0.3 is 77.3 Å². The second-order valence-electron chi connectivity index (χ2n) is 40.6. The van der Waals surface area contributed by atoms with Crippen molar-refractivity contribution in [3.63, 3.8) is 0 Å². The van der Waals surface area contributed by atoms with Crippen LogP contribution in [0.15, 0.2) is 233 Å². The van der Waals surface area contributed by atoms with Gasteiger partial charge in [-0.15, -0.1) is 10.2 Å². The standard InChI is InChI=1S/C64H67N5O13.C43H49N5O13/c1-44-32-69(68-67-44)28-13-5-12-20-53(75)65-42-63-37-61(26-21-48(70)54-56(50(72)23-29-77-54)80-33-45-14-6-2-7-15-45)36-62(38-63,27-22-49(71)55-57(51(73)24-30-78-55)81-34-46-16-8-3-9-17-46)40-64(39-61,41-63)43-66-60(76)59-58(52(74)25-31-79-59)82-35-47-18-10-4-11-19-47;1-26-17-48(47-46-26)13-4-2-3-5-32(54)44-24-42-19-40(11-6-30(52)36-33(55)27(49)8-14-59-36)18-41(20-42,12-7-31(53)37-34(56)28(50)9-15-60-37)22-43(21-40,23-42)25-45-39(58)38-35(57)29(51)10-16-61-38/h2-4,6-11,14-19,23-25,29-32H,5,12-13,20-22,26-28,33-43H2,1H3,(H,65,75)(H,66,76);8-10,14-17,55-57H,2-7,11-13,18-25H2,1H3,(H,44,54)(H,45,58)/t61-,62+,63?,64?;40-,41+,42?,43?. The number of Topliss-reactive ketones (excluding diaryl/α,β-unsaturated/α-hetero) is 4. The van der Waals surface area contributed by atoms with E-state index in [0.717, 1.165) is 97.0 Å². The molecule has 4 amide bonds. The Morgan fingerprint density at radius 3 is 0.909 bits per heavy atom. The number of nitrogens with one attached hydrogen (secondary N) is 4. The van der Waals surface area contributed by atoms with Crippen molar-refractivity contribution in [1.82, 2.24) is 51.3 Å². The maximum absolute atomic E-state index is 14.6. The van der Waals surface area contributed by atoms with Crippen molar-refractivity contribution in [3.8, 4) is 34.5 Å². The first-order valence-corrected chi connectivity index (χ1v) is 48.5. The number of ether oxygens (including phenoxy) is 3. The summed E-state index contributed by atoms with van der Waals surface area (Å²) in [5.74, 6) is -8.81. The highest BCUT2D eigenvalue weighted by Gasteiger charge is 2.70. The van der Waals surface area contributed by atoms with E-state index in [-0.39, 0.29) is 131 Å². The minimum atomic E-state index is -0.838. The zero-order valence-electron chi connectivity index (χ0n) is 79.8. The first kappa shape index (κ1) is 101. The third-order valence-electron chi connectivity index (χ3n) is 29.2. The molecule has 8 bridgehead atoms. The molecule has 3 aromatic carbocycles. The molecule has 8 aliphatic carbocycles. The highest BCUT2D eigenvalue weighted by Crippen LogP contribution is 2.77. The highest BCUT2D eigenvalue weighted by atomic mass is 16.5. The van der Waals surface area contributed by atoms with Gasteiger partial charge in [0.05, 0.1) is 49.0 Å². The van der Waals surface area contributed by atoms with E-state index in [1.807, 2.05) is 117 Å². The van der Waals surface area contributed by atoms with Gasteiger partial charge in [0.1, 0.15) is 19.8 Å². The molecule has 8 atom stereocenters. The Kier molecular flexibility index (Phi) is 30.8. The summed E-state index contributed by atoms with van der Waals surface area (Å²) in [6, 6.07) is 34.4.